The molecule has 10 nitrogen and oxygen atoms in total. The van der Waals surface area contributed by atoms with Crippen LogP contribution in [0.15, 0.2) is 34.7 Å². The van der Waals surface area contributed by atoms with Crippen LogP contribution in [0.4, 0.5) is 5.69 Å². The lowest BCUT2D eigenvalue weighted by Crippen LogP contribution is -2.30. The predicted molar refractivity (Wildman–Crippen MR) is 90.3 cm³/mol. The standard InChI is InChI=1S/C16H13ClN2O8/c1-25-16(22)13-5-3-10(27-13)8-26-14(20)7-18-15(21)9-2-4-11(17)12(6-9)19(23)24/h2-6H,7-8H2,1H3,(H,18,21). The van der Waals surface area contributed by atoms with Gasteiger partial charge in [-0.2, -0.15) is 0 Å². The van der Waals surface area contributed by atoms with E-state index in [0.717, 1.165) is 6.07 Å². The normalized spacial score (nSPS) is 10.1. The number of furan rings is 1. The van der Waals surface area contributed by atoms with Gasteiger partial charge in [-0.15, -0.1) is 0 Å². The number of hydrogen-bond donors (Lipinski definition) is 1. The number of amides is 1. The zero-order valence-corrected chi connectivity index (χ0v) is 14.6. The van der Waals surface area contributed by atoms with Gasteiger partial charge in [-0.1, -0.05) is 11.6 Å². The van der Waals surface area contributed by atoms with E-state index in [-0.39, 0.29) is 28.7 Å². The molecule has 142 valence electrons. The number of carbonyl (C=O) groups is 3. The summed E-state index contributed by atoms with van der Waals surface area (Å²) in [7, 11) is 1.20. The first kappa shape index (κ1) is 19.9. The second kappa shape index (κ2) is 8.81. The summed E-state index contributed by atoms with van der Waals surface area (Å²) in [6.45, 7) is -0.724. The Morgan fingerprint density at radius 3 is 2.67 bits per heavy atom. The van der Waals surface area contributed by atoms with Gasteiger partial charge in [0.25, 0.3) is 11.6 Å². The van der Waals surface area contributed by atoms with Crippen molar-refractivity contribution in [1.82, 2.24) is 5.32 Å². The van der Waals surface area contributed by atoms with Gasteiger partial charge in [-0.3, -0.25) is 19.7 Å². The Kier molecular flexibility index (Phi) is 6.50. The molecule has 0 atom stereocenters. The molecule has 2 aromatic rings. The Balaban J connectivity index is 1.85. The summed E-state index contributed by atoms with van der Waals surface area (Å²) in [6.07, 6.45) is 0. The minimum Gasteiger partial charge on any atom is -0.463 e. The molecule has 1 heterocycles. The highest BCUT2D eigenvalue weighted by molar-refractivity contribution is 6.32. The molecule has 0 saturated carbocycles. The third-order valence-corrected chi connectivity index (χ3v) is 3.54. The SMILES string of the molecule is COC(=O)c1ccc(COC(=O)CNC(=O)c2ccc(Cl)c([N+](=O)[O-])c2)o1. The number of esters is 2. The van der Waals surface area contributed by atoms with Crippen LogP contribution in [0.5, 0.6) is 0 Å². The lowest BCUT2D eigenvalue weighted by molar-refractivity contribution is -0.384. The van der Waals surface area contributed by atoms with E-state index in [1.807, 2.05) is 0 Å². The molecule has 0 aliphatic heterocycles. The number of benzene rings is 1. The first-order chi connectivity index (χ1) is 12.8. The van der Waals surface area contributed by atoms with Crippen molar-refractivity contribution in [2.75, 3.05) is 13.7 Å². The molecule has 0 aliphatic carbocycles. The molecule has 0 unspecified atom stereocenters. The summed E-state index contributed by atoms with van der Waals surface area (Å²) in [5, 5.41) is 13.0. The number of nitrogens with one attached hydrogen (secondary N) is 1. The van der Waals surface area contributed by atoms with Gasteiger partial charge in [0.15, 0.2) is 0 Å². The molecule has 11 heteroatoms. The predicted octanol–water partition coefficient (Wildman–Crippen LogP) is 2.10. The van der Waals surface area contributed by atoms with Crippen molar-refractivity contribution in [3.05, 3.63) is 62.6 Å². The van der Waals surface area contributed by atoms with Crippen LogP contribution in [0.3, 0.4) is 0 Å². The van der Waals surface area contributed by atoms with Crippen molar-refractivity contribution in [1.29, 1.82) is 0 Å². The third-order valence-electron chi connectivity index (χ3n) is 3.22. The molecule has 0 saturated heterocycles. The van der Waals surface area contributed by atoms with E-state index >= 15 is 0 Å². The van der Waals surface area contributed by atoms with Gasteiger partial charge in [0.05, 0.1) is 12.0 Å². The molecule has 1 amide bonds. The molecule has 1 N–H and O–H groups in total. The van der Waals surface area contributed by atoms with Crippen LogP contribution in [0.25, 0.3) is 0 Å². The smallest absolute Gasteiger partial charge is 0.373 e. The molecule has 0 aliphatic rings. The number of hydrogen-bond acceptors (Lipinski definition) is 8. The van der Waals surface area contributed by atoms with Crippen molar-refractivity contribution >= 4 is 35.1 Å². The van der Waals surface area contributed by atoms with Crippen LogP contribution in [-0.2, 0) is 20.9 Å². The number of rotatable bonds is 7. The molecule has 27 heavy (non-hydrogen) atoms. The van der Waals surface area contributed by atoms with E-state index in [1.165, 1.54) is 31.4 Å². The highest BCUT2D eigenvalue weighted by Gasteiger charge is 2.17. The van der Waals surface area contributed by atoms with Crippen LogP contribution in [0, 0.1) is 10.1 Å². The Morgan fingerprint density at radius 1 is 1.26 bits per heavy atom. The second-order valence-electron chi connectivity index (χ2n) is 5.02. The lowest BCUT2D eigenvalue weighted by Gasteiger charge is -2.06. The fourth-order valence-electron chi connectivity index (χ4n) is 1.92. The maximum Gasteiger partial charge on any atom is 0.373 e. The summed E-state index contributed by atoms with van der Waals surface area (Å²) in [5.41, 5.74) is -0.459. The molecular weight excluding hydrogens is 384 g/mol. The number of carbonyl (C=O) groups excluding carboxylic acids is 3. The number of nitrogens with zero attached hydrogens (tertiary/aromatic N) is 1. The Hall–Kier alpha value is -3.40. The first-order valence-electron chi connectivity index (χ1n) is 7.36. The van der Waals surface area contributed by atoms with Gasteiger partial charge in [0, 0.05) is 11.6 Å². The highest BCUT2D eigenvalue weighted by atomic mass is 35.5. The Labute approximate surface area is 157 Å². The fraction of sp³-hybridized carbons (Fsp3) is 0.188. The van der Waals surface area contributed by atoms with E-state index in [2.05, 4.69) is 10.1 Å². The van der Waals surface area contributed by atoms with Crippen LogP contribution in [-0.4, -0.2) is 36.4 Å². The molecule has 1 aromatic heterocycles. The quantitative estimate of drug-likeness (QED) is 0.426. The molecule has 1 aromatic carbocycles. The summed E-state index contributed by atoms with van der Waals surface area (Å²) in [5.74, 6) is -1.98. The summed E-state index contributed by atoms with van der Waals surface area (Å²) in [4.78, 5) is 45.0. The van der Waals surface area contributed by atoms with Crippen molar-refractivity contribution in [2.24, 2.45) is 0 Å². The van der Waals surface area contributed by atoms with Crippen LogP contribution >= 0.6 is 11.6 Å². The van der Waals surface area contributed by atoms with Gasteiger partial charge in [-0.05, 0) is 24.3 Å². The molecule has 0 spiro atoms. The van der Waals surface area contributed by atoms with E-state index in [1.54, 1.807) is 0 Å². The number of halogens is 1. The molecule has 0 bridgehead atoms. The molecule has 0 radical (unpaired) electrons. The summed E-state index contributed by atoms with van der Waals surface area (Å²) in [6, 6.07) is 6.30. The Bertz CT molecular complexity index is 892. The third kappa shape index (κ3) is 5.28. The van der Waals surface area contributed by atoms with Gasteiger partial charge >= 0.3 is 11.9 Å². The van der Waals surface area contributed by atoms with Crippen LogP contribution < -0.4 is 5.32 Å². The zero-order valence-electron chi connectivity index (χ0n) is 13.9. The van der Waals surface area contributed by atoms with Crippen molar-refractivity contribution in [3.63, 3.8) is 0 Å². The zero-order chi connectivity index (χ0) is 20.0. The lowest BCUT2D eigenvalue weighted by atomic mass is 10.2. The van der Waals surface area contributed by atoms with Crippen LogP contribution in [0.2, 0.25) is 5.02 Å². The van der Waals surface area contributed by atoms with Crippen molar-refractivity contribution in [2.45, 2.75) is 6.61 Å². The second-order valence-corrected chi connectivity index (χ2v) is 5.43. The van der Waals surface area contributed by atoms with Gasteiger partial charge in [-0.25, -0.2) is 4.79 Å². The van der Waals surface area contributed by atoms with Gasteiger partial charge in [0.2, 0.25) is 5.76 Å². The number of nitro benzene ring substituents is 1. The maximum absolute atomic E-state index is 12.0. The van der Waals surface area contributed by atoms with Crippen LogP contribution in [0.1, 0.15) is 26.7 Å². The molecular formula is C16H13ClN2O8. The van der Waals surface area contributed by atoms with Gasteiger partial charge in [0.1, 0.15) is 23.9 Å². The van der Waals surface area contributed by atoms with Crippen molar-refractivity contribution < 1.29 is 33.2 Å². The fourth-order valence-corrected chi connectivity index (χ4v) is 2.10. The molecule has 2 rings (SSSR count). The van der Waals surface area contributed by atoms with E-state index in [9.17, 15) is 24.5 Å². The monoisotopic (exact) mass is 396 g/mol. The van der Waals surface area contributed by atoms with E-state index in [4.69, 9.17) is 20.8 Å². The summed E-state index contributed by atoms with van der Waals surface area (Å²) < 4.78 is 14.5. The van der Waals surface area contributed by atoms with E-state index in [0.29, 0.717) is 0 Å². The van der Waals surface area contributed by atoms with Gasteiger partial charge < -0.3 is 19.2 Å². The topological polar surface area (TPSA) is 138 Å². The largest absolute Gasteiger partial charge is 0.463 e. The summed E-state index contributed by atoms with van der Waals surface area (Å²) >= 11 is 5.67. The first-order valence-corrected chi connectivity index (χ1v) is 7.74. The number of ether oxygens (including phenoxy) is 2. The minimum atomic E-state index is -0.775. The number of nitro groups is 1. The number of methoxy groups -OCH3 is 1. The average molecular weight is 397 g/mol. The molecule has 0 fully saturated rings. The van der Waals surface area contributed by atoms with Crippen molar-refractivity contribution in [3.8, 4) is 0 Å². The van der Waals surface area contributed by atoms with E-state index < -0.39 is 35.0 Å². The highest BCUT2D eigenvalue weighted by Crippen LogP contribution is 2.24. The maximum atomic E-state index is 12.0. The average Bonchev–Trinajstić information content (AvgIpc) is 3.13. The Morgan fingerprint density at radius 2 is 2.00 bits per heavy atom. The minimum absolute atomic E-state index is 0.0346.